The van der Waals surface area contributed by atoms with Gasteiger partial charge in [0.25, 0.3) is 5.91 Å². The third kappa shape index (κ3) is 5.06. The molecule has 9 heteroatoms. The van der Waals surface area contributed by atoms with Crippen LogP contribution in [0.2, 0.25) is 0 Å². The highest BCUT2D eigenvalue weighted by Gasteiger charge is 2.22. The van der Waals surface area contributed by atoms with Crippen molar-refractivity contribution in [2.45, 2.75) is 24.8 Å². The van der Waals surface area contributed by atoms with Gasteiger partial charge in [-0.15, -0.1) is 0 Å². The Kier molecular flexibility index (Phi) is 6.81. The fraction of sp³-hybridized carbons (Fsp3) is 0.217. The molecule has 168 valence electrons. The first kappa shape index (κ1) is 23.2. The molecule has 0 radical (unpaired) electrons. The number of amides is 1. The van der Waals surface area contributed by atoms with Crippen molar-refractivity contribution in [3.05, 3.63) is 78.1 Å². The molecule has 1 aromatic heterocycles. The van der Waals surface area contributed by atoms with Crippen LogP contribution in [0.5, 0.6) is 0 Å². The van der Waals surface area contributed by atoms with Gasteiger partial charge >= 0.3 is 5.97 Å². The molecule has 1 N–H and O–H groups in total. The van der Waals surface area contributed by atoms with Crippen LogP contribution in [-0.4, -0.2) is 49.4 Å². The van der Waals surface area contributed by atoms with E-state index in [1.807, 2.05) is 35.2 Å². The summed E-state index contributed by atoms with van der Waals surface area (Å²) in [6, 6.07) is 15.1. The molecule has 1 atom stereocenters. The summed E-state index contributed by atoms with van der Waals surface area (Å²) in [5.41, 5.74) is 2.10. The Hall–Kier alpha value is -3.43. The standard InChI is InChI=1S/C23H25N3O5S/c1-16-10-11-20(32(29,30)25(3)4)15-21(16)24-22(27)17(2)31-23(28)18-8-7-9-19(14-18)26-12-5-6-13-26/h5-15,17H,1-4H3,(H,24,27). The Morgan fingerprint density at radius 1 is 1.03 bits per heavy atom. The zero-order valence-electron chi connectivity index (χ0n) is 18.3. The van der Waals surface area contributed by atoms with Crippen molar-refractivity contribution in [1.82, 2.24) is 8.87 Å². The maximum absolute atomic E-state index is 12.6. The summed E-state index contributed by atoms with van der Waals surface area (Å²) in [5, 5.41) is 2.65. The quantitative estimate of drug-likeness (QED) is 0.552. The molecule has 1 amide bonds. The Morgan fingerprint density at radius 3 is 2.38 bits per heavy atom. The molecular weight excluding hydrogens is 430 g/mol. The van der Waals surface area contributed by atoms with E-state index in [1.165, 1.54) is 33.2 Å². The minimum atomic E-state index is -3.66. The number of aromatic nitrogens is 1. The molecule has 8 nitrogen and oxygen atoms in total. The zero-order valence-corrected chi connectivity index (χ0v) is 19.1. The van der Waals surface area contributed by atoms with Gasteiger partial charge in [-0.05, 0) is 61.9 Å². The number of anilines is 1. The first-order valence-corrected chi connectivity index (χ1v) is 11.3. The van der Waals surface area contributed by atoms with Crippen molar-refractivity contribution in [2.75, 3.05) is 19.4 Å². The Bertz CT molecular complexity index is 1230. The van der Waals surface area contributed by atoms with Gasteiger partial charge < -0.3 is 14.6 Å². The molecule has 0 saturated carbocycles. The lowest BCUT2D eigenvalue weighted by atomic mass is 10.2. The van der Waals surface area contributed by atoms with Crippen molar-refractivity contribution in [2.24, 2.45) is 0 Å². The van der Waals surface area contributed by atoms with Crippen molar-refractivity contribution in [3.63, 3.8) is 0 Å². The van der Waals surface area contributed by atoms with Crippen molar-refractivity contribution < 1.29 is 22.7 Å². The second kappa shape index (κ2) is 9.37. The van der Waals surface area contributed by atoms with Gasteiger partial charge in [0.1, 0.15) is 0 Å². The van der Waals surface area contributed by atoms with Crippen molar-refractivity contribution in [1.29, 1.82) is 0 Å². The molecule has 0 spiro atoms. The third-order valence-corrected chi connectivity index (χ3v) is 6.69. The van der Waals surface area contributed by atoms with E-state index >= 15 is 0 Å². The largest absolute Gasteiger partial charge is 0.449 e. The number of carbonyl (C=O) groups excluding carboxylic acids is 2. The number of rotatable bonds is 7. The predicted octanol–water partition coefficient (Wildman–Crippen LogP) is 3.22. The van der Waals surface area contributed by atoms with E-state index in [9.17, 15) is 18.0 Å². The molecule has 0 aliphatic heterocycles. The molecule has 0 aliphatic rings. The van der Waals surface area contributed by atoms with E-state index in [0.717, 1.165) is 9.99 Å². The topological polar surface area (TPSA) is 97.7 Å². The fourth-order valence-electron chi connectivity index (χ4n) is 2.92. The predicted molar refractivity (Wildman–Crippen MR) is 121 cm³/mol. The van der Waals surface area contributed by atoms with Crippen LogP contribution in [0.25, 0.3) is 5.69 Å². The van der Waals surface area contributed by atoms with Gasteiger partial charge in [-0.2, -0.15) is 0 Å². The summed E-state index contributed by atoms with van der Waals surface area (Å²) in [6.07, 6.45) is 2.62. The van der Waals surface area contributed by atoms with Gasteiger partial charge in [0, 0.05) is 37.9 Å². The summed E-state index contributed by atoms with van der Waals surface area (Å²) in [4.78, 5) is 25.2. The molecule has 32 heavy (non-hydrogen) atoms. The SMILES string of the molecule is Cc1ccc(S(=O)(=O)N(C)C)cc1NC(=O)C(C)OC(=O)c1cccc(-n2cccc2)c1. The van der Waals surface area contributed by atoms with Gasteiger partial charge in [-0.1, -0.05) is 12.1 Å². The summed E-state index contributed by atoms with van der Waals surface area (Å²) in [7, 11) is -0.794. The first-order valence-electron chi connectivity index (χ1n) is 9.88. The van der Waals surface area contributed by atoms with Gasteiger partial charge in [-0.25, -0.2) is 17.5 Å². The average Bonchev–Trinajstić information content (AvgIpc) is 3.30. The lowest BCUT2D eigenvalue weighted by molar-refractivity contribution is -0.123. The zero-order chi connectivity index (χ0) is 23.5. The fourth-order valence-corrected chi connectivity index (χ4v) is 3.85. The number of carbonyl (C=O) groups is 2. The van der Waals surface area contributed by atoms with Crippen LogP contribution < -0.4 is 5.32 Å². The Labute approximate surface area is 187 Å². The smallest absolute Gasteiger partial charge is 0.338 e. The highest BCUT2D eigenvalue weighted by atomic mass is 32.2. The molecule has 3 aromatic rings. The first-order chi connectivity index (χ1) is 15.1. The van der Waals surface area contributed by atoms with Crippen LogP contribution >= 0.6 is 0 Å². The second-order valence-corrected chi connectivity index (χ2v) is 9.59. The lowest BCUT2D eigenvalue weighted by Crippen LogP contribution is -2.30. The second-order valence-electron chi connectivity index (χ2n) is 7.44. The van der Waals surface area contributed by atoms with E-state index in [0.29, 0.717) is 16.8 Å². The lowest BCUT2D eigenvalue weighted by Gasteiger charge is -2.17. The minimum absolute atomic E-state index is 0.0508. The molecule has 1 heterocycles. The Morgan fingerprint density at radius 2 is 1.72 bits per heavy atom. The molecule has 0 bridgehead atoms. The third-order valence-electron chi connectivity index (χ3n) is 4.88. The van der Waals surface area contributed by atoms with Crippen molar-refractivity contribution in [3.8, 4) is 5.69 Å². The number of ether oxygens (including phenoxy) is 1. The van der Waals surface area contributed by atoms with E-state index in [-0.39, 0.29) is 4.90 Å². The van der Waals surface area contributed by atoms with Gasteiger partial charge in [0.05, 0.1) is 10.5 Å². The van der Waals surface area contributed by atoms with E-state index < -0.39 is 28.0 Å². The highest BCUT2D eigenvalue weighted by Crippen LogP contribution is 2.22. The highest BCUT2D eigenvalue weighted by molar-refractivity contribution is 7.89. The number of hydrogen-bond acceptors (Lipinski definition) is 5. The summed E-state index contributed by atoms with van der Waals surface area (Å²) >= 11 is 0. The molecule has 1 unspecified atom stereocenters. The van der Waals surface area contributed by atoms with E-state index in [4.69, 9.17) is 4.74 Å². The van der Waals surface area contributed by atoms with Crippen LogP contribution in [0.4, 0.5) is 5.69 Å². The summed E-state index contributed by atoms with van der Waals surface area (Å²) in [5.74, 6) is -1.20. The number of nitrogens with zero attached hydrogens (tertiary/aromatic N) is 2. The maximum atomic E-state index is 12.6. The molecule has 2 aromatic carbocycles. The van der Waals surface area contributed by atoms with Crippen LogP contribution in [0.1, 0.15) is 22.8 Å². The molecular formula is C23H25N3O5S. The summed E-state index contributed by atoms with van der Waals surface area (Å²) in [6.45, 7) is 3.20. The number of aryl methyl sites for hydroxylation is 1. The van der Waals surface area contributed by atoms with Crippen LogP contribution in [0.15, 0.2) is 71.9 Å². The number of nitrogens with one attached hydrogen (secondary N) is 1. The average molecular weight is 456 g/mol. The van der Waals surface area contributed by atoms with Crippen LogP contribution in [-0.2, 0) is 19.6 Å². The molecule has 0 saturated heterocycles. The number of sulfonamides is 1. The number of esters is 1. The maximum Gasteiger partial charge on any atom is 0.338 e. The van der Waals surface area contributed by atoms with Crippen LogP contribution in [0.3, 0.4) is 0 Å². The molecule has 0 aliphatic carbocycles. The van der Waals surface area contributed by atoms with Crippen LogP contribution in [0, 0.1) is 6.92 Å². The minimum Gasteiger partial charge on any atom is -0.449 e. The van der Waals surface area contributed by atoms with Gasteiger partial charge in [0.15, 0.2) is 6.10 Å². The summed E-state index contributed by atoms with van der Waals surface area (Å²) < 4.78 is 33.0. The van der Waals surface area contributed by atoms with E-state index in [1.54, 1.807) is 31.2 Å². The van der Waals surface area contributed by atoms with Gasteiger partial charge in [0.2, 0.25) is 10.0 Å². The van der Waals surface area contributed by atoms with Gasteiger partial charge in [-0.3, -0.25) is 4.79 Å². The molecule has 0 fully saturated rings. The number of benzene rings is 2. The normalized spacial score (nSPS) is 12.4. The van der Waals surface area contributed by atoms with E-state index in [2.05, 4.69) is 5.32 Å². The Balaban J connectivity index is 1.72. The van der Waals surface area contributed by atoms with Crippen molar-refractivity contribution >= 4 is 27.6 Å². The monoisotopic (exact) mass is 455 g/mol. The number of hydrogen-bond donors (Lipinski definition) is 1. The molecule has 3 rings (SSSR count).